The van der Waals surface area contributed by atoms with E-state index < -0.39 is 17.2 Å². The highest BCUT2D eigenvalue weighted by atomic mass is 35.5. The van der Waals surface area contributed by atoms with Gasteiger partial charge in [-0.1, -0.05) is 17.7 Å². The van der Waals surface area contributed by atoms with Gasteiger partial charge < -0.3 is 10.1 Å². The van der Waals surface area contributed by atoms with Gasteiger partial charge in [-0.2, -0.15) is 0 Å². The first-order valence-electron chi connectivity index (χ1n) is 7.61. The Morgan fingerprint density at radius 2 is 2.00 bits per heavy atom. The Morgan fingerprint density at radius 1 is 1.23 bits per heavy atom. The third kappa shape index (κ3) is 3.45. The number of nitrogens with one attached hydrogen (secondary N) is 1. The van der Waals surface area contributed by atoms with Crippen LogP contribution < -0.4 is 21.3 Å². The topological polar surface area (TPSA) is 95.2 Å². The van der Waals surface area contributed by atoms with Gasteiger partial charge in [0.1, 0.15) is 11.4 Å². The average Bonchev–Trinajstić information content (AvgIpc) is 2.63. The van der Waals surface area contributed by atoms with Crippen LogP contribution in [0.2, 0.25) is 5.02 Å². The molecule has 3 rings (SSSR count). The number of pyridine rings is 1. The summed E-state index contributed by atoms with van der Waals surface area (Å²) in [6, 6.07) is 8.16. The van der Waals surface area contributed by atoms with E-state index in [1.54, 1.807) is 24.3 Å². The van der Waals surface area contributed by atoms with Crippen LogP contribution in [-0.2, 0) is 18.9 Å². The average molecular weight is 375 g/mol. The molecule has 0 atom stereocenters. The highest BCUT2D eigenvalue weighted by Crippen LogP contribution is 2.17. The van der Waals surface area contributed by atoms with Gasteiger partial charge in [-0.05, 0) is 24.3 Å². The highest BCUT2D eigenvalue weighted by molar-refractivity contribution is 6.30. The summed E-state index contributed by atoms with van der Waals surface area (Å²) in [4.78, 5) is 40.3. The Bertz CT molecular complexity index is 1120. The lowest BCUT2D eigenvalue weighted by molar-refractivity contribution is -0.118. The number of carbonyl (C=O) groups is 1. The molecule has 0 spiro atoms. The van der Waals surface area contributed by atoms with E-state index in [2.05, 4.69) is 10.3 Å². The molecule has 0 unspecified atom stereocenters. The van der Waals surface area contributed by atoms with E-state index in [4.69, 9.17) is 16.3 Å². The van der Waals surface area contributed by atoms with Crippen molar-refractivity contribution in [1.29, 1.82) is 0 Å². The molecule has 0 aliphatic rings. The van der Waals surface area contributed by atoms with Crippen molar-refractivity contribution in [2.75, 3.05) is 11.9 Å². The van der Waals surface area contributed by atoms with Crippen molar-refractivity contribution in [2.24, 2.45) is 14.1 Å². The molecule has 0 bridgehead atoms. The Morgan fingerprint density at radius 3 is 2.73 bits per heavy atom. The minimum atomic E-state index is -0.484. The molecule has 0 aliphatic heterocycles. The standard InChI is InChI=1S/C17H15ClN4O4/c1-21-15-13(16(24)22(2)17(21)25)7-11(8-19-15)20-14(23)9-26-12-5-3-4-10(18)6-12/h3-8H,9H2,1-2H3,(H,20,23). The van der Waals surface area contributed by atoms with Gasteiger partial charge in [0, 0.05) is 19.1 Å². The Labute approximate surface area is 152 Å². The van der Waals surface area contributed by atoms with E-state index in [0.717, 1.165) is 4.57 Å². The number of amides is 1. The molecule has 9 heteroatoms. The maximum atomic E-state index is 12.2. The normalized spacial score (nSPS) is 10.7. The number of benzene rings is 1. The van der Waals surface area contributed by atoms with E-state index in [9.17, 15) is 14.4 Å². The number of ether oxygens (including phenoxy) is 1. The largest absolute Gasteiger partial charge is 0.484 e. The van der Waals surface area contributed by atoms with Crippen molar-refractivity contribution >= 4 is 34.2 Å². The number of anilines is 1. The molecule has 1 amide bonds. The van der Waals surface area contributed by atoms with E-state index in [1.807, 2.05) is 0 Å². The first kappa shape index (κ1) is 17.7. The Kier molecular flexibility index (Phi) is 4.77. The van der Waals surface area contributed by atoms with Crippen LogP contribution in [0.4, 0.5) is 5.69 Å². The fraction of sp³-hybridized carbons (Fsp3) is 0.176. The van der Waals surface area contributed by atoms with Gasteiger partial charge >= 0.3 is 5.69 Å². The van der Waals surface area contributed by atoms with Crippen LogP contribution in [0, 0.1) is 0 Å². The molecule has 8 nitrogen and oxygen atoms in total. The zero-order valence-corrected chi connectivity index (χ0v) is 14.8. The lowest BCUT2D eigenvalue weighted by Crippen LogP contribution is -2.37. The fourth-order valence-electron chi connectivity index (χ4n) is 2.44. The first-order valence-corrected chi connectivity index (χ1v) is 7.98. The van der Waals surface area contributed by atoms with Crippen molar-refractivity contribution in [3.05, 3.63) is 62.4 Å². The quantitative estimate of drug-likeness (QED) is 0.742. The molecule has 26 heavy (non-hydrogen) atoms. The first-order chi connectivity index (χ1) is 12.4. The van der Waals surface area contributed by atoms with E-state index in [1.165, 1.54) is 30.9 Å². The minimum absolute atomic E-state index is 0.225. The maximum absolute atomic E-state index is 12.2. The fourth-order valence-corrected chi connectivity index (χ4v) is 2.62. The Hall–Kier alpha value is -3.13. The molecule has 1 aromatic carbocycles. The zero-order chi connectivity index (χ0) is 18.8. The smallest absolute Gasteiger partial charge is 0.332 e. The second-order valence-electron chi connectivity index (χ2n) is 5.60. The number of aryl methyl sites for hydroxylation is 1. The van der Waals surface area contributed by atoms with Crippen molar-refractivity contribution in [3.8, 4) is 5.75 Å². The van der Waals surface area contributed by atoms with Gasteiger partial charge in [-0.15, -0.1) is 0 Å². The molecule has 1 N–H and O–H groups in total. The number of hydrogen-bond acceptors (Lipinski definition) is 5. The van der Waals surface area contributed by atoms with Crippen LogP contribution in [0.1, 0.15) is 0 Å². The summed E-state index contributed by atoms with van der Waals surface area (Å²) in [5.41, 5.74) is -0.386. The van der Waals surface area contributed by atoms with Crippen LogP contribution in [0.5, 0.6) is 5.75 Å². The third-order valence-electron chi connectivity index (χ3n) is 3.74. The molecule has 2 aromatic heterocycles. The van der Waals surface area contributed by atoms with Gasteiger partial charge in [0.15, 0.2) is 6.61 Å². The van der Waals surface area contributed by atoms with Gasteiger partial charge in [0.2, 0.25) is 0 Å². The van der Waals surface area contributed by atoms with Crippen molar-refractivity contribution in [1.82, 2.24) is 14.1 Å². The van der Waals surface area contributed by atoms with E-state index >= 15 is 0 Å². The molecular formula is C17H15ClN4O4. The van der Waals surface area contributed by atoms with E-state index in [0.29, 0.717) is 16.5 Å². The predicted molar refractivity (Wildman–Crippen MR) is 97.8 cm³/mol. The number of hydrogen-bond donors (Lipinski definition) is 1. The number of nitrogens with zero attached hydrogens (tertiary/aromatic N) is 3. The summed E-state index contributed by atoms with van der Waals surface area (Å²) in [6.45, 7) is -0.232. The summed E-state index contributed by atoms with van der Waals surface area (Å²) in [5, 5.41) is 3.33. The minimum Gasteiger partial charge on any atom is -0.484 e. The molecule has 134 valence electrons. The van der Waals surface area contributed by atoms with Gasteiger partial charge in [0.05, 0.1) is 17.3 Å². The molecule has 0 aliphatic carbocycles. The predicted octanol–water partition coefficient (Wildman–Crippen LogP) is 1.30. The van der Waals surface area contributed by atoms with Crippen LogP contribution in [-0.4, -0.2) is 26.6 Å². The lowest BCUT2D eigenvalue weighted by Gasteiger charge is -2.10. The summed E-state index contributed by atoms with van der Waals surface area (Å²) < 4.78 is 7.61. The summed E-state index contributed by atoms with van der Waals surface area (Å²) in [5.74, 6) is 0.0425. The third-order valence-corrected chi connectivity index (χ3v) is 3.98. The Balaban J connectivity index is 1.79. The van der Waals surface area contributed by atoms with Crippen molar-refractivity contribution in [3.63, 3.8) is 0 Å². The van der Waals surface area contributed by atoms with Crippen LogP contribution >= 0.6 is 11.6 Å². The second kappa shape index (κ2) is 7.01. The molecule has 2 heterocycles. The van der Waals surface area contributed by atoms with Gasteiger partial charge in [0.25, 0.3) is 11.5 Å². The second-order valence-corrected chi connectivity index (χ2v) is 6.03. The van der Waals surface area contributed by atoms with E-state index in [-0.39, 0.29) is 17.6 Å². The summed E-state index contributed by atoms with van der Waals surface area (Å²) in [7, 11) is 2.91. The van der Waals surface area contributed by atoms with Crippen molar-refractivity contribution < 1.29 is 9.53 Å². The number of halogens is 1. The number of rotatable bonds is 4. The number of carbonyl (C=O) groups excluding carboxylic acids is 1. The lowest BCUT2D eigenvalue weighted by atomic mass is 10.3. The monoisotopic (exact) mass is 374 g/mol. The molecular weight excluding hydrogens is 360 g/mol. The molecule has 3 aromatic rings. The number of fused-ring (bicyclic) bond motifs is 1. The number of aromatic nitrogens is 3. The molecule has 0 saturated heterocycles. The SMILES string of the molecule is Cn1c(=O)c2cc(NC(=O)COc3cccc(Cl)c3)cnc2n(C)c1=O. The van der Waals surface area contributed by atoms with Gasteiger partial charge in [-0.3, -0.25) is 18.7 Å². The van der Waals surface area contributed by atoms with Gasteiger partial charge in [-0.25, -0.2) is 9.78 Å². The molecule has 0 fully saturated rings. The maximum Gasteiger partial charge on any atom is 0.332 e. The molecule has 0 radical (unpaired) electrons. The van der Waals surface area contributed by atoms with Crippen LogP contribution in [0.25, 0.3) is 11.0 Å². The molecule has 0 saturated carbocycles. The zero-order valence-electron chi connectivity index (χ0n) is 14.0. The summed E-state index contributed by atoms with van der Waals surface area (Å²) >= 11 is 5.85. The highest BCUT2D eigenvalue weighted by Gasteiger charge is 2.11. The van der Waals surface area contributed by atoms with Crippen molar-refractivity contribution in [2.45, 2.75) is 0 Å². The van der Waals surface area contributed by atoms with Crippen LogP contribution in [0.15, 0.2) is 46.1 Å². The summed E-state index contributed by atoms with van der Waals surface area (Å²) in [6.07, 6.45) is 1.37. The van der Waals surface area contributed by atoms with Crippen LogP contribution in [0.3, 0.4) is 0 Å².